The lowest BCUT2D eigenvalue weighted by molar-refractivity contribution is -0.142. The van der Waals surface area contributed by atoms with Gasteiger partial charge >= 0.3 is 0 Å². The Hall–Kier alpha value is -1.85. The summed E-state index contributed by atoms with van der Waals surface area (Å²) >= 11 is 0. The molecule has 1 aliphatic heterocycles. The fourth-order valence-corrected chi connectivity index (χ4v) is 5.60. The molecule has 0 radical (unpaired) electrons. The van der Waals surface area contributed by atoms with E-state index in [1.54, 1.807) is 6.92 Å². The van der Waals surface area contributed by atoms with E-state index >= 15 is 0 Å². The van der Waals surface area contributed by atoms with Gasteiger partial charge in [0.15, 0.2) is 6.39 Å². The van der Waals surface area contributed by atoms with Gasteiger partial charge in [0, 0.05) is 31.0 Å². The van der Waals surface area contributed by atoms with Crippen LogP contribution in [0.5, 0.6) is 0 Å². The van der Waals surface area contributed by atoms with Crippen LogP contribution in [0.1, 0.15) is 80.5 Å². The maximum Gasteiger partial charge on any atom is 0.289 e. The van der Waals surface area contributed by atoms with Gasteiger partial charge in [-0.1, -0.05) is 25.7 Å². The molecule has 148 valence electrons. The summed E-state index contributed by atoms with van der Waals surface area (Å²) in [4.78, 5) is 31.4. The van der Waals surface area contributed by atoms with Crippen LogP contribution >= 0.6 is 0 Å². The molecule has 2 amide bonds. The normalized spacial score (nSPS) is 29.0. The summed E-state index contributed by atoms with van der Waals surface area (Å²) < 4.78 is 5.23. The predicted octanol–water partition coefficient (Wildman–Crippen LogP) is 3.45. The van der Waals surface area contributed by atoms with Crippen molar-refractivity contribution in [3.05, 3.63) is 17.8 Å². The lowest BCUT2D eigenvalue weighted by Crippen LogP contribution is -2.57. The molecule has 2 aliphatic carbocycles. The third-order valence-corrected chi connectivity index (χ3v) is 7.12. The number of piperidine rings is 1. The molecule has 2 heterocycles. The van der Waals surface area contributed by atoms with Crippen molar-refractivity contribution in [1.82, 2.24) is 15.2 Å². The molecule has 2 saturated carbocycles. The van der Waals surface area contributed by atoms with Gasteiger partial charge in [-0.3, -0.25) is 9.59 Å². The largest absolute Gasteiger partial charge is 0.438 e. The molecular formula is C21H31N3O3. The van der Waals surface area contributed by atoms with Gasteiger partial charge in [-0.15, -0.1) is 0 Å². The van der Waals surface area contributed by atoms with Crippen LogP contribution in [0.4, 0.5) is 0 Å². The summed E-state index contributed by atoms with van der Waals surface area (Å²) in [5, 5.41) is 3.09. The number of amides is 2. The van der Waals surface area contributed by atoms with E-state index in [0.717, 1.165) is 32.2 Å². The molecule has 4 rings (SSSR count). The molecule has 2 atom stereocenters. The Bertz CT molecular complexity index is 695. The lowest BCUT2D eigenvalue weighted by Gasteiger charge is -2.47. The van der Waals surface area contributed by atoms with Crippen LogP contribution in [-0.2, 0) is 4.79 Å². The number of hydrogen-bond donors (Lipinski definition) is 1. The summed E-state index contributed by atoms with van der Waals surface area (Å²) in [6, 6.07) is 0.275. The van der Waals surface area contributed by atoms with Crippen LogP contribution in [0.15, 0.2) is 10.8 Å². The van der Waals surface area contributed by atoms with Crippen LogP contribution in [0.3, 0.4) is 0 Å². The molecule has 1 aromatic heterocycles. The first-order valence-corrected chi connectivity index (χ1v) is 10.6. The van der Waals surface area contributed by atoms with E-state index in [9.17, 15) is 9.59 Å². The molecule has 0 unspecified atom stereocenters. The smallest absolute Gasteiger partial charge is 0.289 e. The Labute approximate surface area is 161 Å². The third-order valence-electron chi connectivity index (χ3n) is 7.12. The summed E-state index contributed by atoms with van der Waals surface area (Å²) in [5.41, 5.74) is 0.636. The monoisotopic (exact) mass is 373 g/mol. The summed E-state index contributed by atoms with van der Waals surface area (Å²) in [5.74, 6) is 1.08. The molecule has 0 spiro atoms. The molecule has 0 bridgehead atoms. The van der Waals surface area contributed by atoms with E-state index in [4.69, 9.17) is 4.42 Å². The molecule has 6 nitrogen and oxygen atoms in total. The molecular weight excluding hydrogens is 342 g/mol. The molecule has 3 aliphatic rings. The second kappa shape index (κ2) is 7.64. The SMILES string of the molecule is Cc1ncoc1C(=O)NC[C@@]12CCC[C@H]1N(CC1CCCCC1)C(=O)CC2. The van der Waals surface area contributed by atoms with Crippen molar-refractivity contribution in [3.8, 4) is 0 Å². The summed E-state index contributed by atoms with van der Waals surface area (Å²) in [6.45, 7) is 3.31. The van der Waals surface area contributed by atoms with Gasteiger partial charge in [-0.25, -0.2) is 4.98 Å². The van der Waals surface area contributed by atoms with Crippen LogP contribution in [0, 0.1) is 18.3 Å². The average molecular weight is 373 g/mol. The van der Waals surface area contributed by atoms with Crippen LogP contribution < -0.4 is 5.32 Å². The fraction of sp³-hybridized carbons (Fsp3) is 0.762. The number of likely N-dealkylation sites (tertiary alicyclic amines) is 1. The Morgan fingerprint density at radius 2 is 2.07 bits per heavy atom. The minimum absolute atomic E-state index is 0.0200. The molecule has 0 aromatic carbocycles. The van der Waals surface area contributed by atoms with Gasteiger partial charge in [0.1, 0.15) is 0 Å². The standard InChI is InChI=1S/C21H31N3O3/c1-15-19(27-14-23-15)20(26)22-13-21-10-5-8-17(21)24(18(25)9-11-21)12-16-6-3-2-4-7-16/h14,16-17H,2-13H2,1H3,(H,22,26)/t17-,21+/m1/s1. The highest BCUT2D eigenvalue weighted by atomic mass is 16.3. The maximum atomic E-state index is 12.7. The minimum atomic E-state index is -0.194. The van der Waals surface area contributed by atoms with Crippen molar-refractivity contribution < 1.29 is 14.0 Å². The number of fused-ring (bicyclic) bond motifs is 1. The fourth-order valence-electron chi connectivity index (χ4n) is 5.60. The van der Waals surface area contributed by atoms with Gasteiger partial charge in [0.25, 0.3) is 5.91 Å². The second-order valence-electron chi connectivity index (χ2n) is 8.77. The topological polar surface area (TPSA) is 75.4 Å². The number of aromatic nitrogens is 1. The van der Waals surface area contributed by atoms with Gasteiger partial charge < -0.3 is 14.6 Å². The molecule has 3 fully saturated rings. The van der Waals surface area contributed by atoms with Crippen molar-refractivity contribution in [1.29, 1.82) is 0 Å². The van der Waals surface area contributed by atoms with E-state index < -0.39 is 0 Å². The zero-order valence-corrected chi connectivity index (χ0v) is 16.3. The molecule has 6 heteroatoms. The van der Waals surface area contributed by atoms with Crippen LogP contribution in [0.25, 0.3) is 0 Å². The number of hydrogen-bond acceptors (Lipinski definition) is 4. The first-order valence-electron chi connectivity index (χ1n) is 10.6. The number of aryl methyl sites for hydroxylation is 1. The lowest BCUT2D eigenvalue weighted by atomic mass is 9.74. The Kier molecular flexibility index (Phi) is 5.24. The van der Waals surface area contributed by atoms with Crippen molar-refractivity contribution in [2.45, 2.75) is 77.2 Å². The quantitative estimate of drug-likeness (QED) is 0.858. The van der Waals surface area contributed by atoms with E-state index in [0.29, 0.717) is 36.2 Å². The number of nitrogens with one attached hydrogen (secondary N) is 1. The van der Waals surface area contributed by atoms with E-state index in [-0.39, 0.29) is 17.4 Å². The second-order valence-corrected chi connectivity index (χ2v) is 8.77. The van der Waals surface area contributed by atoms with Crippen molar-refractivity contribution >= 4 is 11.8 Å². The summed E-state index contributed by atoms with van der Waals surface area (Å²) in [6.07, 6.45) is 12.5. The highest BCUT2D eigenvalue weighted by Crippen LogP contribution is 2.48. The van der Waals surface area contributed by atoms with E-state index in [1.165, 1.54) is 38.5 Å². The van der Waals surface area contributed by atoms with Gasteiger partial charge in [-0.2, -0.15) is 0 Å². The minimum Gasteiger partial charge on any atom is -0.438 e. The zero-order chi connectivity index (χ0) is 18.9. The Balaban J connectivity index is 1.45. The third kappa shape index (κ3) is 3.63. The zero-order valence-electron chi connectivity index (χ0n) is 16.3. The number of carbonyl (C=O) groups excluding carboxylic acids is 2. The van der Waals surface area contributed by atoms with Crippen molar-refractivity contribution in [2.24, 2.45) is 11.3 Å². The number of nitrogens with zero attached hydrogens (tertiary/aromatic N) is 2. The Morgan fingerprint density at radius 3 is 2.81 bits per heavy atom. The van der Waals surface area contributed by atoms with Crippen molar-refractivity contribution in [3.63, 3.8) is 0 Å². The Morgan fingerprint density at radius 1 is 1.26 bits per heavy atom. The number of oxazole rings is 1. The van der Waals surface area contributed by atoms with Gasteiger partial charge in [-0.05, 0) is 44.9 Å². The van der Waals surface area contributed by atoms with Crippen molar-refractivity contribution in [2.75, 3.05) is 13.1 Å². The molecule has 1 N–H and O–H groups in total. The van der Waals surface area contributed by atoms with E-state index in [2.05, 4.69) is 15.2 Å². The van der Waals surface area contributed by atoms with Crippen LogP contribution in [-0.4, -0.2) is 40.8 Å². The summed E-state index contributed by atoms with van der Waals surface area (Å²) in [7, 11) is 0. The van der Waals surface area contributed by atoms with E-state index in [1.807, 2.05) is 0 Å². The highest BCUT2D eigenvalue weighted by molar-refractivity contribution is 5.92. The maximum absolute atomic E-state index is 12.7. The first-order chi connectivity index (χ1) is 13.1. The van der Waals surface area contributed by atoms with Crippen LogP contribution in [0.2, 0.25) is 0 Å². The average Bonchev–Trinajstić information content (AvgIpc) is 3.30. The number of carbonyl (C=O) groups is 2. The first kappa shape index (κ1) is 18.5. The molecule has 1 aromatic rings. The predicted molar refractivity (Wildman–Crippen MR) is 101 cm³/mol. The molecule has 27 heavy (non-hydrogen) atoms. The number of rotatable bonds is 5. The van der Waals surface area contributed by atoms with Gasteiger partial charge in [0.2, 0.25) is 11.7 Å². The van der Waals surface area contributed by atoms with Gasteiger partial charge in [0.05, 0.1) is 5.69 Å². The molecule has 1 saturated heterocycles. The highest BCUT2D eigenvalue weighted by Gasteiger charge is 2.50.